The van der Waals surface area contributed by atoms with Gasteiger partial charge >= 0.3 is 0 Å². The fourth-order valence-corrected chi connectivity index (χ4v) is 2.04. The summed E-state index contributed by atoms with van der Waals surface area (Å²) in [6, 6.07) is 0. The molecule has 1 aromatic rings. The quantitative estimate of drug-likeness (QED) is 0.741. The average molecular weight is 252 g/mol. The zero-order chi connectivity index (χ0) is 13.4. The van der Waals surface area contributed by atoms with Crippen molar-refractivity contribution >= 4 is 11.6 Å². The highest BCUT2D eigenvalue weighted by atomic mass is 16.1. The maximum Gasteiger partial charge on any atom is 0.223 e. The van der Waals surface area contributed by atoms with Crippen molar-refractivity contribution in [1.29, 1.82) is 0 Å². The van der Waals surface area contributed by atoms with Crippen LogP contribution in [0.25, 0.3) is 0 Å². The van der Waals surface area contributed by atoms with Crippen LogP contribution in [-0.2, 0) is 11.3 Å². The largest absolute Gasteiger partial charge is 0.396 e. The van der Waals surface area contributed by atoms with Crippen LogP contribution in [0, 0.1) is 5.92 Å². The van der Waals surface area contributed by atoms with Gasteiger partial charge in [0.05, 0.1) is 18.4 Å². The second-order valence-corrected chi connectivity index (χ2v) is 4.60. The Morgan fingerprint density at radius 3 is 2.61 bits per heavy atom. The molecule has 0 atom stereocenters. The number of aromatic nitrogens is 2. The molecule has 1 heterocycles. The van der Waals surface area contributed by atoms with Crippen LogP contribution in [0.4, 0.5) is 5.69 Å². The van der Waals surface area contributed by atoms with Crippen LogP contribution in [0.2, 0.25) is 0 Å². The van der Waals surface area contributed by atoms with E-state index in [4.69, 9.17) is 5.73 Å². The predicted octanol–water partition coefficient (Wildman–Crippen LogP) is 1.80. The van der Waals surface area contributed by atoms with Crippen LogP contribution in [0.1, 0.15) is 39.5 Å². The van der Waals surface area contributed by atoms with Gasteiger partial charge in [-0.3, -0.25) is 9.48 Å². The maximum absolute atomic E-state index is 12.0. The molecule has 5 nitrogen and oxygen atoms in total. The molecule has 0 bridgehead atoms. The van der Waals surface area contributed by atoms with Crippen molar-refractivity contribution in [3.05, 3.63) is 12.4 Å². The molecule has 0 aliphatic heterocycles. The first-order chi connectivity index (χ1) is 8.67. The highest BCUT2D eigenvalue weighted by molar-refractivity contribution is 5.78. The van der Waals surface area contributed by atoms with E-state index in [1.807, 2.05) is 0 Å². The molecule has 0 saturated carbocycles. The van der Waals surface area contributed by atoms with Crippen molar-refractivity contribution in [2.45, 2.75) is 46.1 Å². The van der Waals surface area contributed by atoms with Crippen molar-refractivity contribution in [1.82, 2.24) is 15.1 Å². The number of amides is 1. The second-order valence-electron chi connectivity index (χ2n) is 4.60. The van der Waals surface area contributed by atoms with Crippen LogP contribution in [0.5, 0.6) is 0 Å². The lowest BCUT2D eigenvalue weighted by Crippen LogP contribution is -2.33. The normalized spacial score (nSPS) is 10.8. The molecule has 1 rings (SSSR count). The van der Waals surface area contributed by atoms with Crippen LogP contribution in [0.15, 0.2) is 12.4 Å². The van der Waals surface area contributed by atoms with Crippen LogP contribution < -0.4 is 11.1 Å². The summed E-state index contributed by atoms with van der Waals surface area (Å²) in [5.41, 5.74) is 6.22. The third kappa shape index (κ3) is 4.77. The Morgan fingerprint density at radius 2 is 2.11 bits per heavy atom. The van der Waals surface area contributed by atoms with Gasteiger partial charge < -0.3 is 11.1 Å². The number of nitrogens with one attached hydrogen (secondary N) is 1. The SMILES string of the molecule is CCCC(CCC)C(=O)NCCn1cc(N)cn1. The lowest BCUT2D eigenvalue weighted by atomic mass is 9.97. The average Bonchev–Trinajstić information content (AvgIpc) is 2.75. The Balaban J connectivity index is 2.30. The summed E-state index contributed by atoms with van der Waals surface area (Å²) in [5, 5.41) is 7.04. The van der Waals surface area contributed by atoms with E-state index >= 15 is 0 Å². The van der Waals surface area contributed by atoms with Crippen molar-refractivity contribution < 1.29 is 4.79 Å². The number of hydrogen-bond donors (Lipinski definition) is 2. The minimum absolute atomic E-state index is 0.155. The molecule has 102 valence electrons. The van der Waals surface area contributed by atoms with E-state index in [-0.39, 0.29) is 11.8 Å². The number of nitrogens with two attached hydrogens (primary N) is 1. The first kappa shape index (κ1) is 14.5. The Kier molecular flexibility index (Phi) is 6.25. The highest BCUT2D eigenvalue weighted by Gasteiger charge is 2.15. The molecule has 0 aliphatic rings. The van der Waals surface area contributed by atoms with Crippen molar-refractivity contribution in [3.63, 3.8) is 0 Å². The molecule has 0 saturated heterocycles. The Labute approximate surface area is 109 Å². The zero-order valence-corrected chi connectivity index (χ0v) is 11.4. The number of carbonyl (C=O) groups excluding carboxylic acids is 1. The topological polar surface area (TPSA) is 72.9 Å². The van der Waals surface area contributed by atoms with Gasteiger partial charge in [0, 0.05) is 18.7 Å². The van der Waals surface area contributed by atoms with E-state index in [1.54, 1.807) is 17.1 Å². The van der Waals surface area contributed by atoms with E-state index in [2.05, 4.69) is 24.3 Å². The highest BCUT2D eigenvalue weighted by Crippen LogP contribution is 2.13. The monoisotopic (exact) mass is 252 g/mol. The molecule has 0 fully saturated rings. The third-order valence-electron chi connectivity index (χ3n) is 2.94. The van der Waals surface area contributed by atoms with Gasteiger partial charge in [-0.25, -0.2) is 0 Å². The summed E-state index contributed by atoms with van der Waals surface area (Å²) in [5.74, 6) is 0.321. The van der Waals surface area contributed by atoms with Gasteiger partial charge in [0.1, 0.15) is 0 Å². The molecular formula is C13H24N4O. The van der Waals surface area contributed by atoms with E-state index in [1.165, 1.54) is 0 Å². The van der Waals surface area contributed by atoms with E-state index < -0.39 is 0 Å². The summed E-state index contributed by atoms with van der Waals surface area (Å²) < 4.78 is 1.74. The summed E-state index contributed by atoms with van der Waals surface area (Å²) in [7, 11) is 0. The second kappa shape index (κ2) is 7.74. The van der Waals surface area contributed by atoms with Crippen LogP contribution in [-0.4, -0.2) is 22.2 Å². The summed E-state index contributed by atoms with van der Waals surface area (Å²) in [6.07, 6.45) is 7.41. The molecular weight excluding hydrogens is 228 g/mol. The molecule has 0 spiro atoms. The van der Waals surface area contributed by atoms with Crippen LogP contribution >= 0.6 is 0 Å². The molecule has 0 unspecified atom stereocenters. The van der Waals surface area contributed by atoms with E-state index in [9.17, 15) is 4.79 Å². The fraction of sp³-hybridized carbons (Fsp3) is 0.692. The van der Waals surface area contributed by atoms with Gasteiger partial charge in [-0.2, -0.15) is 5.10 Å². The predicted molar refractivity (Wildman–Crippen MR) is 73.0 cm³/mol. The Morgan fingerprint density at radius 1 is 1.44 bits per heavy atom. The lowest BCUT2D eigenvalue weighted by Gasteiger charge is -2.15. The van der Waals surface area contributed by atoms with Crippen molar-refractivity contribution in [2.75, 3.05) is 12.3 Å². The van der Waals surface area contributed by atoms with Crippen molar-refractivity contribution in [2.24, 2.45) is 5.92 Å². The number of rotatable bonds is 8. The van der Waals surface area contributed by atoms with Gasteiger partial charge in [-0.1, -0.05) is 26.7 Å². The molecule has 5 heteroatoms. The Bertz CT molecular complexity index is 356. The Hall–Kier alpha value is -1.52. The standard InChI is InChI=1S/C13H24N4O/c1-3-5-11(6-4-2)13(18)15-7-8-17-10-12(14)9-16-17/h9-11H,3-8,14H2,1-2H3,(H,15,18). The smallest absolute Gasteiger partial charge is 0.223 e. The van der Waals surface area contributed by atoms with E-state index in [0.717, 1.165) is 25.7 Å². The molecule has 18 heavy (non-hydrogen) atoms. The molecule has 1 aromatic heterocycles. The number of carbonyl (C=O) groups is 1. The molecule has 0 aliphatic carbocycles. The zero-order valence-electron chi connectivity index (χ0n) is 11.4. The van der Waals surface area contributed by atoms with Gasteiger partial charge in [-0.15, -0.1) is 0 Å². The fourth-order valence-electron chi connectivity index (χ4n) is 2.04. The summed E-state index contributed by atoms with van der Waals surface area (Å²) in [4.78, 5) is 12.0. The van der Waals surface area contributed by atoms with Gasteiger partial charge in [0.15, 0.2) is 0 Å². The number of nitrogen functional groups attached to an aromatic ring is 1. The minimum Gasteiger partial charge on any atom is -0.396 e. The van der Waals surface area contributed by atoms with Gasteiger partial charge in [0.2, 0.25) is 5.91 Å². The first-order valence-electron chi connectivity index (χ1n) is 6.73. The summed E-state index contributed by atoms with van der Waals surface area (Å²) >= 11 is 0. The molecule has 0 aromatic carbocycles. The van der Waals surface area contributed by atoms with Crippen molar-refractivity contribution in [3.8, 4) is 0 Å². The molecule has 3 N–H and O–H groups in total. The molecule has 0 radical (unpaired) electrons. The number of anilines is 1. The maximum atomic E-state index is 12.0. The number of nitrogens with zero attached hydrogens (tertiary/aromatic N) is 2. The minimum atomic E-state index is 0.155. The lowest BCUT2D eigenvalue weighted by molar-refractivity contribution is -0.125. The van der Waals surface area contributed by atoms with Crippen LogP contribution in [0.3, 0.4) is 0 Å². The first-order valence-corrected chi connectivity index (χ1v) is 6.73. The van der Waals surface area contributed by atoms with E-state index in [0.29, 0.717) is 18.8 Å². The van der Waals surface area contributed by atoms with Gasteiger partial charge in [-0.05, 0) is 12.8 Å². The van der Waals surface area contributed by atoms with Gasteiger partial charge in [0.25, 0.3) is 0 Å². The molecule has 1 amide bonds. The summed E-state index contributed by atoms with van der Waals surface area (Å²) in [6.45, 7) is 5.49. The number of hydrogen-bond acceptors (Lipinski definition) is 3. The third-order valence-corrected chi connectivity index (χ3v) is 2.94.